The number of aromatic nitrogens is 1. The molecule has 1 unspecified atom stereocenters. The summed E-state index contributed by atoms with van der Waals surface area (Å²) in [6.07, 6.45) is 2.50. The van der Waals surface area contributed by atoms with Gasteiger partial charge in [-0.15, -0.1) is 24.8 Å². The third kappa shape index (κ3) is 7.40. The van der Waals surface area contributed by atoms with Crippen LogP contribution in [0.25, 0.3) is 0 Å². The van der Waals surface area contributed by atoms with E-state index in [2.05, 4.69) is 26.2 Å². The first-order valence-electron chi connectivity index (χ1n) is 6.98. The Kier molecular flexibility index (Phi) is 11.3. The molecule has 8 heteroatoms. The number of carbonyl (C=O) groups is 1. The molecule has 0 saturated carbocycles. The van der Waals surface area contributed by atoms with E-state index >= 15 is 0 Å². The van der Waals surface area contributed by atoms with E-state index in [4.69, 9.17) is 5.73 Å². The summed E-state index contributed by atoms with van der Waals surface area (Å²) in [5.41, 5.74) is 6.35. The van der Waals surface area contributed by atoms with Crippen LogP contribution < -0.4 is 11.1 Å². The predicted molar refractivity (Wildman–Crippen MR) is 108 cm³/mol. The summed E-state index contributed by atoms with van der Waals surface area (Å²) in [7, 11) is 0. The van der Waals surface area contributed by atoms with Gasteiger partial charge in [0.15, 0.2) is 0 Å². The molecule has 0 fully saturated rings. The van der Waals surface area contributed by atoms with Crippen LogP contribution in [0.2, 0.25) is 0 Å². The number of carbonyl (C=O) groups excluding carboxylic acids is 1. The van der Waals surface area contributed by atoms with E-state index in [1.54, 1.807) is 6.20 Å². The number of pyridine rings is 1. The van der Waals surface area contributed by atoms with Gasteiger partial charge in [0.1, 0.15) is 5.03 Å². The Morgan fingerprint density at radius 2 is 2.00 bits per heavy atom. The molecule has 0 aliphatic carbocycles. The SMILES string of the molecule is CC(N)CCNC(=O)c1ccccc1Sc1ccc(Br)cn1.Cl.Cl. The lowest BCUT2D eigenvalue weighted by Crippen LogP contribution is -2.29. The molecule has 0 spiro atoms. The van der Waals surface area contributed by atoms with E-state index in [0.717, 1.165) is 20.8 Å². The number of nitrogens with one attached hydrogen (secondary N) is 1. The van der Waals surface area contributed by atoms with Crippen molar-refractivity contribution in [2.75, 3.05) is 6.54 Å². The second kappa shape index (κ2) is 11.7. The molecule has 2 aromatic rings. The molecule has 0 radical (unpaired) electrons. The van der Waals surface area contributed by atoms with Crippen LogP contribution in [0.3, 0.4) is 0 Å². The third-order valence-electron chi connectivity index (χ3n) is 2.93. The van der Waals surface area contributed by atoms with Gasteiger partial charge >= 0.3 is 0 Å². The van der Waals surface area contributed by atoms with Crippen molar-refractivity contribution in [2.45, 2.75) is 29.3 Å². The highest BCUT2D eigenvalue weighted by atomic mass is 79.9. The summed E-state index contributed by atoms with van der Waals surface area (Å²) in [4.78, 5) is 17.5. The Labute approximate surface area is 167 Å². The molecular formula is C16H20BrCl2N3OS. The summed E-state index contributed by atoms with van der Waals surface area (Å²) < 4.78 is 0.929. The van der Waals surface area contributed by atoms with Crippen molar-refractivity contribution < 1.29 is 4.79 Å². The van der Waals surface area contributed by atoms with Crippen LogP contribution in [-0.2, 0) is 0 Å². The largest absolute Gasteiger partial charge is 0.352 e. The minimum atomic E-state index is -0.0825. The predicted octanol–water partition coefficient (Wildman–Crippen LogP) is 4.31. The molecule has 1 aromatic heterocycles. The van der Waals surface area contributed by atoms with Gasteiger partial charge in [-0.1, -0.05) is 23.9 Å². The van der Waals surface area contributed by atoms with Crippen molar-refractivity contribution >= 4 is 58.4 Å². The van der Waals surface area contributed by atoms with Crippen LogP contribution in [0.1, 0.15) is 23.7 Å². The van der Waals surface area contributed by atoms with Crippen LogP contribution in [0, 0.1) is 0 Å². The van der Waals surface area contributed by atoms with Crippen LogP contribution in [-0.4, -0.2) is 23.5 Å². The Morgan fingerprint density at radius 3 is 2.62 bits per heavy atom. The normalized spacial score (nSPS) is 11.0. The monoisotopic (exact) mass is 451 g/mol. The van der Waals surface area contributed by atoms with Gasteiger partial charge in [0, 0.05) is 28.2 Å². The fraction of sp³-hybridized carbons (Fsp3) is 0.250. The van der Waals surface area contributed by atoms with Crippen molar-refractivity contribution in [3.8, 4) is 0 Å². The lowest BCUT2D eigenvalue weighted by molar-refractivity contribution is 0.0950. The topological polar surface area (TPSA) is 68.0 Å². The molecule has 1 amide bonds. The fourth-order valence-electron chi connectivity index (χ4n) is 1.79. The van der Waals surface area contributed by atoms with E-state index in [1.807, 2.05) is 43.3 Å². The molecule has 24 heavy (non-hydrogen) atoms. The molecule has 0 saturated heterocycles. The fourth-order valence-corrected chi connectivity index (χ4v) is 2.91. The molecule has 4 nitrogen and oxygen atoms in total. The van der Waals surface area contributed by atoms with E-state index in [-0.39, 0.29) is 36.8 Å². The van der Waals surface area contributed by atoms with Gasteiger partial charge in [-0.2, -0.15) is 0 Å². The third-order valence-corrected chi connectivity index (χ3v) is 4.43. The minimum Gasteiger partial charge on any atom is -0.352 e. The van der Waals surface area contributed by atoms with Crippen molar-refractivity contribution in [1.29, 1.82) is 0 Å². The molecule has 132 valence electrons. The summed E-state index contributed by atoms with van der Waals surface area (Å²) >= 11 is 4.84. The maximum atomic E-state index is 12.3. The van der Waals surface area contributed by atoms with E-state index in [0.29, 0.717) is 12.1 Å². The molecule has 1 heterocycles. The zero-order chi connectivity index (χ0) is 15.9. The summed E-state index contributed by atoms with van der Waals surface area (Å²) in [5, 5.41) is 3.75. The zero-order valence-corrected chi connectivity index (χ0v) is 17.1. The molecule has 2 rings (SSSR count). The maximum Gasteiger partial charge on any atom is 0.252 e. The first-order valence-corrected chi connectivity index (χ1v) is 8.59. The van der Waals surface area contributed by atoms with Crippen molar-refractivity contribution in [2.24, 2.45) is 5.73 Å². The van der Waals surface area contributed by atoms with Crippen LogP contribution in [0.4, 0.5) is 0 Å². The molecule has 0 aliphatic heterocycles. The summed E-state index contributed by atoms with van der Waals surface area (Å²) in [6, 6.07) is 11.5. The highest BCUT2D eigenvalue weighted by Gasteiger charge is 2.12. The zero-order valence-electron chi connectivity index (χ0n) is 13.1. The van der Waals surface area contributed by atoms with Crippen molar-refractivity contribution in [1.82, 2.24) is 10.3 Å². The van der Waals surface area contributed by atoms with Crippen LogP contribution in [0.15, 0.2) is 57.0 Å². The second-order valence-corrected chi connectivity index (χ2v) is 6.91. The van der Waals surface area contributed by atoms with Gasteiger partial charge in [0.05, 0.1) is 5.56 Å². The lowest BCUT2D eigenvalue weighted by atomic mass is 10.2. The molecule has 1 atom stereocenters. The number of amides is 1. The molecule has 1 aromatic carbocycles. The van der Waals surface area contributed by atoms with Gasteiger partial charge in [-0.25, -0.2) is 4.98 Å². The van der Waals surface area contributed by atoms with Crippen molar-refractivity contribution in [3.05, 3.63) is 52.6 Å². The second-order valence-electron chi connectivity index (χ2n) is 4.93. The number of nitrogens with two attached hydrogens (primary N) is 1. The molecular weight excluding hydrogens is 433 g/mol. The molecule has 3 N–H and O–H groups in total. The lowest BCUT2D eigenvalue weighted by Gasteiger charge is -2.10. The van der Waals surface area contributed by atoms with Crippen molar-refractivity contribution in [3.63, 3.8) is 0 Å². The number of hydrogen-bond acceptors (Lipinski definition) is 4. The van der Waals surface area contributed by atoms with Crippen LogP contribution >= 0.6 is 52.5 Å². The Balaban J connectivity index is 0.00000264. The minimum absolute atomic E-state index is 0. The van der Waals surface area contributed by atoms with Gasteiger partial charge in [-0.05, 0) is 53.5 Å². The average molecular weight is 453 g/mol. The number of rotatable bonds is 6. The Morgan fingerprint density at radius 1 is 1.29 bits per heavy atom. The van der Waals surface area contributed by atoms with E-state index < -0.39 is 0 Å². The first-order chi connectivity index (χ1) is 10.6. The summed E-state index contributed by atoms with van der Waals surface area (Å²) in [5.74, 6) is -0.0825. The number of nitrogens with zero attached hydrogens (tertiary/aromatic N) is 1. The standard InChI is InChI=1S/C16H18BrN3OS.2ClH/c1-11(18)8-9-19-16(21)13-4-2-3-5-14(13)22-15-7-6-12(17)10-20-15;;/h2-7,10-11H,8-9,18H2,1H3,(H,19,21);2*1H. The molecule has 0 aliphatic rings. The number of benzene rings is 1. The van der Waals surface area contributed by atoms with Crippen LogP contribution in [0.5, 0.6) is 0 Å². The van der Waals surface area contributed by atoms with E-state index in [1.165, 1.54) is 11.8 Å². The van der Waals surface area contributed by atoms with Gasteiger partial charge in [0.25, 0.3) is 5.91 Å². The first kappa shape index (κ1) is 23.2. The van der Waals surface area contributed by atoms with E-state index in [9.17, 15) is 4.79 Å². The average Bonchev–Trinajstić information content (AvgIpc) is 2.49. The Hall–Kier alpha value is -0.790. The van der Waals surface area contributed by atoms with Gasteiger partial charge < -0.3 is 11.1 Å². The van der Waals surface area contributed by atoms with Gasteiger partial charge in [0.2, 0.25) is 0 Å². The maximum absolute atomic E-state index is 12.3. The Bertz CT molecular complexity index is 641. The highest BCUT2D eigenvalue weighted by Crippen LogP contribution is 2.29. The number of hydrogen-bond donors (Lipinski definition) is 2. The number of halogens is 3. The summed E-state index contributed by atoms with van der Waals surface area (Å²) in [6.45, 7) is 2.50. The quantitative estimate of drug-likeness (QED) is 0.685. The smallest absolute Gasteiger partial charge is 0.252 e. The van der Waals surface area contributed by atoms with Gasteiger partial charge in [-0.3, -0.25) is 4.79 Å². The highest BCUT2D eigenvalue weighted by molar-refractivity contribution is 9.10. The molecule has 0 bridgehead atoms.